The second-order valence-corrected chi connectivity index (χ2v) is 9.34. The zero-order valence-electron chi connectivity index (χ0n) is 19.7. The van der Waals surface area contributed by atoms with E-state index in [1.807, 2.05) is 38.1 Å². The number of nitrogens with one attached hydrogen (secondary N) is 1. The molecular formula is C27H32N2O5. The molecule has 0 radical (unpaired) electrons. The van der Waals surface area contributed by atoms with Crippen LogP contribution in [0, 0.1) is 11.8 Å². The van der Waals surface area contributed by atoms with Gasteiger partial charge in [0.25, 0.3) is 0 Å². The van der Waals surface area contributed by atoms with E-state index >= 15 is 0 Å². The lowest BCUT2D eigenvalue weighted by Gasteiger charge is -2.38. The fourth-order valence-electron chi connectivity index (χ4n) is 5.15. The van der Waals surface area contributed by atoms with E-state index in [-0.39, 0.29) is 30.9 Å². The van der Waals surface area contributed by atoms with Gasteiger partial charge < -0.3 is 20.1 Å². The summed E-state index contributed by atoms with van der Waals surface area (Å²) < 4.78 is 5.57. The van der Waals surface area contributed by atoms with Gasteiger partial charge in [-0.3, -0.25) is 4.79 Å². The molecule has 2 aromatic rings. The molecule has 0 spiro atoms. The van der Waals surface area contributed by atoms with Gasteiger partial charge in [0.05, 0.1) is 5.92 Å². The standard InChI is InChI=1S/C27H32N2O5/c1-3-18(25(30)29-15-17(2)12-13-24(29)26(31)32)14-28-27(33)34-16-23-21-10-6-4-8-19(21)20-9-5-7-11-22(20)23/h4-11,17-18,23-24H,3,12-16H2,1-2H3,(H,28,33)(H,31,32). The number of carboxylic acids is 1. The van der Waals surface area contributed by atoms with Gasteiger partial charge in [0.2, 0.25) is 5.91 Å². The van der Waals surface area contributed by atoms with Crippen LogP contribution in [0.2, 0.25) is 0 Å². The largest absolute Gasteiger partial charge is 0.480 e. The number of ether oxygens (including phenoxy) is 1. The van der Waals surface area contributed by atoms with Crippen molar-refractivity contribution >= 4 is 18.0 Å². The van der Waals surface area contributed by atoms with Gasteiger partial charge in [-0.25, -0.2) is 9.59 Å². The Bertz CT molecular complexity index is 1020. The van der Waals surface area contributed by atoms with Crippen molar-refractivity contribution in [1.29, 1.82) is 0 Å². The molecule has 4 rings (SSSR count). The van der Waals surface area contributed by atoms with E-state index in [1.54, 1.807) is 0 Å². The highest BCUT2D eigenvalue weighted by Gasteiger charge is 2.37. The molecule has 2 aromatic carbocycles. The summed E-state index contributed by atoms with van der Waals surface area (Å²) in [6.45, 7) is 4.63. The highest BCUT2D eigenvalue weighted by Crippen LogP contribution is 2.44. The second kappa shape index (κ2) is 10.3. The van der Waals surface area contributed by atoms with Crippen LogP contribution < -0.4 is 5.32 Å². The summed E-state index contributed by atoms with van der Waals surface area (Å²) in [5.74, 6) is -1.47. The minimum Gasteiger partial charge on any atom is -0.480 e. The molecule has 0 bridgehead atoms. The van der Waals surface area contributed by atoms with Crippen LogP contribution in [0.5, 0.6) is 0 Å². The highest BCUT2D eigenvalue weighted by molar-refractivity contribution is 5.86. The number of fused-ring (bicyclic) bond motifs is 3. The number of nitrogens with zero attached hydrogens (tertiary/aromatic N) is 1. The lowest BCUT2D eigenvalue weighted by atomic mass is 9.92. The van der Waals surface area contributed by atoms with Gasteiger partial charge in [0, 0.05) is 19.0 Å². The lowest BCUT2D eigenvalue weighted by molar-refractivity contribution is -0.155. The number of hydrogen-bond acceptors (Lipinski definition) is 4. The van der Waals surface area contributed by atoms with Gasteiger partial charge in [-0.15, -0.1) is 0 Å². The maximum Gasteiger partial charge on any atom is 0.407 e. The molecule has 1 heterocycles. The third-order valence-electron chi connectivity index (χ3n) is 7.06. The molecule has 1 fully saturated rings. The van der Waals surface area contributed by atoms with Crippen molar-refractivity contribution in [3.05, 3.63) is 59.7 Å². The van der Waals surface area contributed by atoms with Crippen LogP contribution in [0.4, 0.5) is 4.79 Å². The van der Waals surface area contributed by atoms with Crippen LogP contribution in [0.1, 0.15) is 50.2 Å². The number of carbonyl (C=O) groups excluding carboxylic acids is 2. The zero-order valence-corrected chi connectivity index (χ0v) is 19.7. The summed E-state index contributed by atoms with van der Waals surface area (Å²) in [6.07, 6.45) is 1.17. The molecule has 1 aliphatic heterocycles. The fourth-order valence-corrected chi connectivity index (χ4v) is 5.15. The Labute approximate surface area is 200 Å². The van der Waals surface area contributed by atoms with E-state index in [0.29, 0.717) is 19.4 Å². The van der Waals surface area contributed by atoms with Crippen LogP contribution in [0.25, 0.3) is 11.1 Å². The number of aliphatic carboxylic acids is 1. The molecule has 1 saturated heterocycles. The number of likely N-dealkylation sites (tertiary alicyclic amines) is 1. The molecule has 0 saturated carbocycles. The van der Waals surface area contributed by atoms with Crippen LogP contribution >= 0.6 is 0 Å². The highest BCUT2D eigenvalue weighted by atomic mass is 16.5. The summed E-state index contributed by atoms with van der Waals surface area (Å²) >= 11 is 0. The third kappa shape index (κ3) is 4.79. The maximum atomic E-state index is 13.1. The summed E-state index contributed by atoms with van der Waals surface area (Å²) in [4.78, 5) is 38.8. The molecule has 34 heavy (non-hydrogen) atoms. The number of rotatable bonds is 7. The van der Waals surface area contributed by atoms with Gasteiger partial charge in [0.15, 0.2) is 0 Å². The Morgan fingerprint density at radius 2 is 1.68 bits per heavy atom. The molecule has 3 unspecified atom stereocenters. The van der Waals surface area contributed by atoms with Crippen molar-refractivity contribution in [3.63, 3.8) is 0 Å². The Morgan fingerprint density at radius 1 is 1.06 bits per heavy atom. The Hall–Kier alpha value is -3.35. The lowest BCUT2D eigenvalue weighted by Crippen LogP contribution is -2.53. The van der Waals surface area contributed by atoms with Gasteiger partial charge in [-0.1, -0.05) is 62.4 Å². The van der Waals surface area contributed by atoms with Crippen molar-refractivity contribution < 1.29 is 24.2 Å². The minimum atomic E-state index is -0.973. The summed E-state index contributed by atoms with van der Waals surface area (Å²) in [5, 5.41) is 12.3. The van der Waals surface area contributed by atoms with E-state index in [0.717, 1.165) is 28.7 Å². The summed E-state index contributed by atoms with van der Waals surface area (Å²) in [5.41, 5.74) is 4.59. The number of carboxylic acid groups (broad SMARTS) is 1. The molecule has 180 valence electrons. The molecule has 2 aliphatic rings. The number of benzene rings is 2. The second-order valence-electron chi connectivity index (χ2n) is 9.34. The van der Waals surface area contributed by atoms with Crippen LogP contribution in [-0.4, -0.2) is 53.7 Å². The SMILES string of the molecule is CCC(CNC(=O)OCC1c2ccccc2-c2ccccc21)C(=O)N1CC(C)CCC1C(=O)O. The molecule has 2 N–H and O–H groups in total. The quantitative estimate of drug-likeness (QED) is 0.638. The van der Waals surface area contributed by atoms with Crippen molar-refractivity contribution in [2.24, 2.45) is 11.8 Å². The van der Waals surface area contributed by atoms with Gasteiger partial charge in [-0.2, -0.15) is 0 Å². The molecule has 7 nitrogen and oxygen atoms in total. The topological polar surface area (TPSA) is 95.9 Å². The van der Waals surface area contributed by atoms with Crippen LogP contribution in [-0.2, 0) is 14.3 Å². The third-order valence-corrected chi connectivity index (χ3v) is 7.06. The first-order valence-corrected chi connectivity index (χ1v) is 12.0. The average molecular weight is 465 g/mol. The molecule has 0 aromatic heterocycles. The van der Waals surface area contributed by atoms with E-state index in [2.05, 4.69) is 29.6 Å². The molecule has 2 amide bonds. The monoisotopic (exact) mass is 464 g/mol. The van der Waals surface area contributed by atoms with Gasteiger partial charge >= 0.3 is 12.1 Å². The fraction of sp³-hybridized carbons (Fsp3) is 0.444. The van der Waals surface area contributed by atoms with Crippen molar-refractivity contribution in [2.75, 3.05) is 19.7 Å². The predicted octanol–water partition coefficient (Wildman–Crippen LogP) is 4.26. The number of amides is 2. The number of carbonyl (C=O) groups is 3. The average Bonchev–Trinajstić information content (AvgIpc) is 3.16. The number of alkyl carbamates (subject to hydrolysis) is 1. The normalized spacial score (nSPS) is 20.2. The summed E-state index contributed by atoms with van der Waals surface area (Å²) in [6, 6.07) is 15.5. The van der Waals surface area contributed by atoms with E-state index in [9.17, 15) is 19.5 Å². The summed E-state index contributed by atoms with van der Waals surface area (Å²) in [7, 11) is 0. The predicted molar refractivity (Wildman–Crippen MR) is 128 cm³/mol. The molecule has 7 heteroatoms. The first-order valence-electron chi connectivity index (χ1n) is 12.0. The van der Waals surface area contributed by atoms with Crippen molar-refractivity contribution in [3.8, 4) is 11.1 Å². The Kier molecular flexibility index (Phi) is 7.20. The Morgan fingerprint density at radius 3 is 2.26 bits per heavy atom. The first-order chi connectivity index (χ1) is 16.4. The van der Waals surface area contributed by atoms with Gasteiger partial charge in [0.1, 0.15) is 12.6 Å². The van der Waals surface area contributed by atoms with Crippen molar-refractivity contribution in [2.45, 2.75) is 45.1 Å². The zero-order chi connectivity index (χ0) is 24.2. The minimum absolute atomic E-state index is 0.0343. The van der Waals surface area contributed by atoms with E-state index in [4.69, 9.17) is 4.74 Å². The number of piperidine rings is 1. The first kappa shape index (κ1) is 23.8. The molecule has 3 atom stereocenters. The number of hydrogen-bond donors (Lipinski definition) is 2. The molecule has 1 aliphatic carbocycles. The van der Waals surface area contributed by atoms with E-state index < -0.39 is 24.0 Å². The smallest absolute Gasteiger partial charge is 0.407 e. The molecular weight excluding hydrogens is 432 g/mol. The van der Waals surface area contributed by atoms with Crippen LogP contribution in [0.3, 0.4) is 0 Å². The van der Waals surface area contributed by atoms with E-state index in [1.165, 1.54) is 4.90 Å². The maximum absolute atomic E-state index is 13.1. The van der Waals surface area contributed by atoms with Gasteiger partial charge in [-0.05, 0) is 47.4 Å². The Balaban J connectivity index is 1.35. The van der Waals surface area contributed by atoms with Crippen molar-refractivity contribution in [1.82, 2.24) is 10.2 Å². The van der Waals surface area contributed by atoms with Crippen LogP contribution in [0.15, 0.2) is 48.5 Å².